The SMILES string of the molecule is C=C1c2ccc(-n3cc(-c4c(C)cc(C)cc4C)nn3)cc2-c2cc3ccccc3c[n+]2C1(CC)CC. The molecule has 0 saturated heterocycles. The monoisotopic (exact) mass is 485 g/mol. The molecule has 3 heterocycles. The number of nitrogens with zero attached hydrogens (tertiary/aromatic N) is 4. The van der Waals surface area contributed by atoms with Crippen molar-refractivity contribution in [1.29, 1.82) is 0 Å². The van der Waals surface area contributed by atoms with Crippen LogP contribution in [0.3, 0.4) is 0 Å². The number of allylic oxidation sites excluding steroid dienone is 1. The van der Waals surface area contributed by atoms with Gasteiger partial charge in [0, 0.05) is 35.4 Å². The van der Waals surface area contributed by atoms with E-state index >= 15 is 0 Å². The third kappa shape index (κ3) is 3.46. The van der Waals surface area contributed by atoms with Gasteiger partial charge in [0.05, 0.1) is 17.4 Å². The van der Waals surface area contributed by atoms with Crippen LogP contribution in [-0.4, -0.2) is 15.0 Å². The molecular weight excluding hydrogens is 452 g/mol. The van der Waals surface area contributed by atoms with Crippen LogP contribution in [0.2, 0.25) is 0 Å². The van der Waals surface area contributed by atoms with Crippen molar-refractivity contribution >= 4 is 16.3 Å². The third-order valence-electron chi connectivity index (χ3n) is 8.30. The summed E-state index contributed by atoms with van der Waals surface area (Å²) in [6.07, 6.45) is 6.33. The minimum atomic E-state index is -0.144. The first-order valence-corrected chi connectivity index (χ1v) is 13.2. The van der Waals surface area contributed by atoms with Gasteiger partial charge in [0.15, 0.2) is 11.7 Å². The largest absolute Gasteiger partial charge is 0.220 e. The number of aryl methyl sites for hydroxylation is 3. The normalized spacial score (nSPS) is 14.0. The summed E-state index contributed by atoms with van der Waals surface area (Å²) in [5.41, 5.74) is 11.4. The fourth-order valence-electron chi connectivity index (χ4n) is 6.40. The van der Waals surface area contributed by atoms with Crippen molar-refractivity contribution in [3.8, 4) is 28.2 Å². The predicted octanol–water partition coefficient (Wildman–Crippen LogP) is 7.51. The number of hydrogen-bond acceptors (Lipinski definition) is 2. The van der Waals surface area contributed by atoms with Crippen molar-refractivity contribution in [3.05, 3.63) is 102 Å². The standard InChI is InChI=1S/C33H33N4/c1-7-33(8-2)24(6)28-14-13-27(18-29(28)31-17-25-11-9-10-12-26(25)19-36(31)33)37-20-30(34-35-37)32-22(4)15-21(3)16-23(32)5/h9-20H,6-8H2,1-5H3/q+1. The zero-order chi connectivity index (χ0) is 25.9. The number of fused-ring (bicyclic) bond motifs is 4. The molecule has 4 nitrogen and oxygen atoms in total. The average molecular weight is 486 g/mol. The Morgan fingerprint density at radius 2 is 1.57 bits per heavy atom. The second-order valence-corrected chi connectivity index (χ2v) is 10.4. The van der Waals surface area contributed by atoms with Gasteiger partial charge in [-0.25, -0.2) is 4.68 Å². The summed E-state index contributed by atoms with van der Waals surface area (Å²) in [5, 5.41) is 11.6. The Labute approximate surface area is 218 Å². The molecule has 0 aliphatic carbocycles. The molecule has 1 aliphatic rings. The molecule has 0 radical (unpaired) electrons. The van der Waals surface area contributed by atoms with E-state index < -0.39 is 0 Å². The van der Waals surface area contributed by atoms with Gasteiger partial charge in [-0.3, -0.25) is 0 Å². The van der Waals surface area contributed by atoms with Crippen LogP contribution in [0.4, 0.5) is 0 Å². The molecule has 0 saturated carbocycles. The van der Waals surface area contributed by atoms with E-state index in [0.29, 0.717) is 0 Å². The molecule has 0 amide bonds. The van der Waals surface area contributed by atoms with E-state index in [4.69, 9.17) is 0 Å². The fraction of sp³-hybridized carbons (Fsp3) is 0.242. The van der Waals surface area contributed by atoms with Crippen LogP contribution in [0, 0.1) is 20.8 Å². The summed E-state index contributed by atoms with van der Waals surface area (Å²) < 4.78 is 4.36. The molecule has 3 aromatic carbocycles. The zero-order valence-corrected chi connectivity index (χ0v) is 22.3. The van der Waals surface area contributed by atoms with Gasteiger partial charge < -0.3 is 0 Å². The van der Waals surface area contributed by atoms with E-state index in [2.05, 4.69) is 123 Å². The smallest absolute Gasteiger partial charge is 0.214 e. The summed E-state index contributed by atoms with van der Waals surface area (Å²) in [5.74, 6) is 0. The maximum atomic E-state index is 4.65. The number of benzene rings is 3. The topological polar surface area (TPSA) is 34.6 Å². The first-order valence-electron chi connectivity index (χ1n) is 13.2. The third-order valence-corrected chi connectivity index (χ3v) is 8.30. The van der Waals surface area contributed by atoms with Crippen molar-refractivity contribution in [2.45, 2.75) is 53.0 Å². The number of pyridine rings is 1. The summed E-state index contributed by atoms with van der Waals surface area (Å²) in [4.78, 5) is 0. The highest BCUT2D eigenvalue weighted by Crippen LogP contribution is 2.44. The van der Waals surface area contributed by atoms with Crippen molar-refractivity contribution in [2.75, 3.05) is 0 Å². The number of rotatable bonds is 4. The molecule has 0 unspecified atom stereocenters. The average Bonchev–Trinajstić information content (AvgIpc) is 3.37. The lowest BCUT2D eigenvalue weighted by molar-refractivity contribution is -0.740. The molecule has 4 heteroatoms. The minimum Gasteiger partial charge on any atom is -0.220 e. The summed E-state index contributed by atoms with van der Waals surface area (Å²) in [6.45, 7) is 15.6. The quantitative estimate of drug-likeness (QED) is 0.247. The van der Waals surface area contributed by atoms with Crippen molar-refractivity contribution in [2.24, 2.45) is 0 Å². The van der Waals surface area contributed by atoms with Crippen LogP contribution in [0.1, 0.15) is 48.9 Å². The van der Waals surface area contributed by atoms with Gasteiger partial charge in [0.1, 0.15) is 5.69 Å². The van der Waals surface area contributed by atoms with Crippen LogP contribution in [0.5, 0.6) is 0 Å². The lowest BCUT2D eigenvalue weighted by Gasteiger charge is -2.35. The van der Waals surface area contributed by atoms with E-state index in [1.807, 2.05) is 10.9 Å². The minimum absolute atomic E-state index is 0.144. The summed E-state index contributed by atoms with van der Waals surface area (Å²) in [7, 11) is 0. The first-order chi connectivity index (χ1) is 17.9. The molecule has 0 spiro atoms. The molecule has 0 N–H and O–H groups in total. The second-order valence-electron chi connectivity index (χ2n) is 10.4. The molecule has 5 aromatic rings. The van der Waals surface area contributed by atoms with Crippen LogP contribution < -0.4 is 4.57 Å². The van der Waals surface area contributed by atoms with Gasteiger partial charge in [-0.2, -0.15) is 4.57 Å². The van der Waals surface area contributed by atoms with E-state index in [0.717, 1.165) is 29.8 Å². The molecule has 37 heavy (non-hydrogen) atoms. The molecule has 0 bridgehead atoms. The maximum Gasteiger partial charge on any atom is 0.214 e. The Kier molecular flexibility index (Phi) is 5.38. The van der Waals surface area contributed by atoms with E-state index in [9.17, 15) is 0 Å². The predicted molar refractivity (Wildman–Crippen MR) is 152 cm³/mol. The van der Waals surface area contributed by atoms with Gasteiger partial charge in [-0.1, -0.05) is 67.6 Å². The van der Waals surface area contributed by atoms with Crippen molar-refractivity contribution in [1.82, 2.24) is 15.0 Å². The van der Waals surface area contributed by atoms with Crippen molar-refractivity contribution in [3.63, 3.8) is 0 Å². The van der Waals surface area contributed by atoms with E-state index in [-0.39, 0.29) is 5.54 Å². The molecule has 2 aromatic heterocycles. The fourth-order valence-corrected chi connectivity index (χ4v) is 6.40. The highest BCUT2D eigenvalue weighted by atomic mass is 15.4. The molecule has 0 fully saturated rings. The van der Waals surface area contributed by atoms with Gasteiger partial charge in [-0.05, 0) is 61.0 Å². The van der Waals surface area contributed by atoms with E-state index in [1.54, 1.807) is 0 Å². The Bertz CT molecular complexity index is 1680. The number of aromatic nitrogens is 4. The Balaban J connectivity index is 1.53. The summed E-state index contributed by atoms with van der Waals surface area (Å²) in [6, 6.07) is 21.9. The van der Waals surface area contributed by atoms with Crippen LogP contribution in [0.25, 0.3) is 44.5 Å². The van der Waals surface area contributed by atoms with Gasteiger partial charge in [0.25, 0.3) is 0 Å². The molecule has 6 rings (SSSR count). The van der Waals surface area contributed by atoms with Gasteiger partial charge in [0.2, 0.25) is 5.69 Å². The molecule has 0 atom stereocenters. The first kappa shape index (κ1) is 23.4. The highest BCUT2D eigenvalue weighted by molar-refractivity contribution is 5.89. The van der Waals surface area contributed by atoms with Gasteiger partial charge >= 0.3 is 0 Å². The lowest BCUT2D eigenvalue weighted by atomic mass is 9.75. The highest BCUT2D eigenvalue weighted by Gasteiger charge is 2.47. The van der Waals surface area contributed by atoms with Crippen LogP contribution >= 0.6 is 0 Å². The maximum absolute atomic E-state index is 4.65. The van der Waals surface area contributed by atoms with Gasteiger partial charge in [-0.15, -0.1) is 5.10 Å². The Morgan fingerprint density at radius 1 is 0.865 bits per heavy atom. The van der Waals surface area contributed by atoms with Crippen LogP contribution in [-0.2, 0) is 5.54 Å². The molecular formula is C33H33N4+. The second kappa shape index (κ2) is 8.52. The Hall–Kier alpha value is -4.05. The molecule has 184 valence electrons. The Morgan fingerprint density at radius 3 is 2.27 bits per heavy atom. The van der Waals surface area contributed by atoms with E-state index in [1.165, 1.54) is 49.9 Å². The van der Waals surface area contributed by atoms with Crippen molar-refractivity contribution < 1.29 is 4.57 Å². The van der Waals surface area contributed by atoms with Crippen LogP contribution in [0.15, 0.2) is 79.6 Å². The zero-order valence-electron chi connectivity index (χ0n) is 22.3. The number of hydrogen-bond donors (Lipinski definition) is 0. The lowest BCUT2D eigenvalue weighted by Crippen LogP contribution is -2.59. The summed E-state index contributed by atoms with van der Waals surface area (Å²) >= 11 is 0. The molecule has 1 aliphatic heterocycles.